The SMILES string of the molecule is COc1ccc([C@@H](CC(=O)N[C@H](C)c2ccccc2)NS(C)(=O)=O)cc1. The number of sulfonamides is 1. The fourth-order valence-electron chi connectivity index (χ4n) is 2.63. The van der Waals surface area contributed by atoms with Crippen LogP contribution in [-0.2, 0) is 14.8 Å². The van der Waals surface area contributed by atoms with E-state index in [9.17, 15) is 13.2 Å². The van der Waals surface area contributed by atoms with Crippen molar-refractivity contribution in [3.05, 3.63) is 65.7 Å². The number of ether oxygens (including phenoxy) is 1. The minimum atomic E-state index is -3.47. The summed E-state index contributed by atoms with van der Waals surface area (Å²) in [5.41, 5.74) is 1.68. The topological polar surface area (TPSA) is 84.5 Å². The number of hydrogen-bond acceptors (Lipinski definition) is 4. The third-order valence-corrected chi connectivity index (χ3v) is 4.65. The van der Waals surface area contributed by atoms with Gasteiger partial charge in [-0.1, -0.05) is 42.5 Å². The number of nitrogens with one attached hydrogen (secondary N) is 2. The van der Waals surface area contributed by atoms with Crippen molar-refractivity contribution >= 4 is 15.9 Å². The van der Waals surface area contributed by atoms with Crippen LogP contribution >= 0.6 is 0 Å². The predicted molar refractivity (Wildman–Crippen MR) is 101 cm³/mol. The van der Waals surface area contributed by atoms with Crippen LogP contribution in [0.3, 0.4) is 0 Å². The lowest BCUT2D eigenvalue weighted by Gasteiger charge is -2.20. The molecule has 0 aromatic heterocycles. The average molecular weight is 376 g/mol. The van der Waals surface area contributed by atoms with Crippen molar-refractivity contribution in [2.75, 3.05) is 13.4 Å². The highest BCUT2D eigenvalue weighted by Gasteiger charge is 2.21. The standard InChI is InChI=1S/C19H24N2O4S/c1-14(15-7-5-4-6-8-15)20-19(22)13-18(21-26(3,23)24)16-9-11-17(25-2)12-10-16/h4-12,14,18,21H,13H2,1-3H3,(H,20,22)/t14-,18-/m1/s1. The van der Waals surface area contributed by atoms with Crippen LogP contribution < -0.4 is 14.8 Å². The highest BCUT2D eigenvalue weighted by molar-refractivity contribution is 7.88. The lowest BCUT2D eigenvalue weighted by atomic mass is 10.0. The van der Waals surface area contributed by atoms with Crippen molar-refractivity contribution in [3.8, 4) is 5.75 Å². The normalized spacial score (nSPS) is 13.7. The summed E-state index contributed by atoms with van der Waals surface area (Å²) in [4.78, 5) is 12.4. The van der Waals surface area contributed by atoms with Crippen molar-refractivity contribution in [2.24, 2.45) is 0 Å². The van der Waals surface area contributed by atoms with Crippen LogP contribution in [0.25, 0.3) is 0 Å². The second kappa shape index (κ2) is 8.82. The number of hydrogen-bond donors (Lipinski definition) is 2. The van der Waals surface area contributed by atoms with Gasteiger partial charge in [0.2, 0.25) is 15.9 Å². The Labute approximate surface area is 154 Å². The summed E-state index contributed by atoms with van der Waals surface area (Å²) >= 11 is 0. The van der Waals surface area contributed by atoms with Gasteiger partial charge in [0.15, 0.2) is 0 Å². The number of carbonyl (C=O) groups excluding carboxylic acids is 1. The van der Waals surface area contributed by atoms with E-state index < -0.39 is 16.1 Å². The molecule has 0 saturated heterocycles. The van der Waals surface area contributed by atoms with Gasteiger partial charge in [0.05, 0.1) is 25.4 Å². The molecule has 0 bridgehead atoms. The van der Waals surface area contributed by atoms with Crippen LogP contribution in [0.2, 0.25) is 0 Å². The maximum absolute atomic E-state index is 12.4. The molecule has 0 unspecified atom stereocenters. The molecule has 26 heavy (non-hydrogen) atoms. The van der Waals surface area contributed by atoms with Crippen LogP contribution in [0.5, 0.6) is 5.75 Å². The fraction of sp³-hybridized carbons (Fsp3) is 0.316. The highest BCUT2D eigenvalue weighted by atomic mass is 32.2. The average Bonchev–Trinajstić information content (AvgIpc) is 2.60. The summed E-state index contributed by atoms with van der Waals surface area (Å²) in [7, 11) is -1.92. The first kappa shape index (κ1) is 19.9. The van der Waals surface area contributed by atoms with Crippen LogP contribution in [0, 0.1) is 0 Å². The van der Waals surface area contributed by atoms with E-state index in [0.29, 0.717) is 11.3 Å². The predicted octanol–water partition coefficient (Wildman–Crippen LogP) is 2.55. The Hall–Kier alpha value is -2.38. The molecule has 2 atom stereocenters. The molecule has 0 aliphatic carbocycles. The van der Waals surface area contributed by atoms with Gasteiger partial charge in [-0.3, -0.25) is 4.79 Å². The number of benzene rings is 2. The first-order chi connectivity index (χ1) is 12.3. The molecular formula is C19H24N2O4S. The van der Waals surface area contributed by atoms with Crippen LogP contribution in [0.15, 0.2) is 54.6 Å². The van der Waals surface area contributed by atoms with E-state index in [1.807, 2.05) is 37.3 Å². The Balaban J connectivity index is 2.11. The van der Waals surface area contributed by atoms with Gasteiger partial charge in [-0.2, -0.15) is 0 Å². The molecular weight excluding hydrogens is 352 g/mol. The van der Waals surface area contributed by atoms with Crippen LogP contribution in [0.1, 0.15) is 36.6 Å². The van der Waals surface area contributed by atoms with E-state index in [1.54, 1.807) is 31.4 Å². The maximum Gasteiger partial charge on any atom is 0.222 e. The van der Waals surface area contributed by atoms with Gasteiger partial charge in [0.1, 0.15) is 5.75 Å². The third-order valence-electron chi connectivity index (χ3n) is 3.94. The number of amides is 1. The van der Waals surface area contributed by atoms with Gasteiger partial charge in [0, 0.05) is 6.42 Å². The van der Waals surface area contributed by atoms with Crippen molar-refractivity contribution in [3.63, 3.8) is 0 Å². The molecule has 6 nitrogen and oxygen atoms in total. The lowest BCUT2D eigenvalue weighted by molar-refractivity contribution is -0.122. The maximum atomic E-state index is 12.4. The van der Waals surface area contributed by atoms with Crippen LogP contribution in [-0.4, -0.2) is 27.7 Å². The van der Waals surface area contributed by atoms with E-state index in [0.717, 1.165) is 11.8 Å². The molecule has 1 amide bonds. The van der Waals surface area contributed by atoms with Gasteiger partial charge in [-0.25, -0.2) is 13.1 Å². The molecule has 2 rings (SSSR count). The minimum Gasteiger partial charge on any atom is -0.497 e. The minimum absolute atomic E-state index is 0.00340. The van der Waals surface area contributed by atoms with Gasteiger partial charge in [-0.05, 0) is 30.2 Å². The molecule has 0 fully saturated rings. The van der Waals surface area contributed by atoms with Gasteiger partial charge in [-0.15, -0.1) is 0 Å². The zero-order valence-electron chi connectivity index (χ0n) is 15.1. The summed E-state index contributed by atoms with van der Waals surface area (Å²) in [5.74, 6) is 0.423. The number of carbonyl (C=O) groups is 1. The zero-order chi connectivity index (χ0) is 19.2. The molecule has 0 radical (unpaired) electrons. The van der Waals surface area contributed by atoms with E-state index in [2.05, 4.69) is 10.0 Å². The second-order valence-electron chi connectivity index (χ2n) is 6.12. The Kier molecular flexibility index (Phi) is 6.76. The summed E-state index contributed by atoms with van der Waals surface area (Å²) in [5, 5.41) is 2.91. The monoisotopic (exact) mass is 376 g/mol. The number of rotatable bonds is 8. The molecule has 2 aromatic carbocycles. The van der Waals surface area contributed by atoms with Gasteiger partial charge in [0.25, 0.3) is 0 Å². The van der Waals surface area contributed by atoms with E-state index in [1.165, 1.54) is 0 Å². The molecule has 0 spiro atoms. The molecule has 7 heteroatoms. The lowest BCUT2D eigenvalue weighted by Crippen LogP contribution is -2.34. The molecule has 2 N–H and O–H groups in total. The first-order valence-electron chi connectivity index (χ1n) is 8.24. The van der Waals surface area contributed by atoms with Crippen molar-refractivity contribution < 1.29 is 17.9 Å². The summed E-state index contributed by atoms with van der Waals surface area (Å²) in [6.45, 7) is 1.89. The molecule has 0 heterocycles. The van der Waals surface area contributed by atoms with Crippen molar-refractivity contribution in [2.45, 2.75) is 25.4 Å². The number of methoxy groups -OCH3 is 1. The quantitative estimate of drug-likeness (QED) is 0.742. The molecule has 0 aliphatic heterocycles. The van der Waals surface area contributed by atoms with E-state index in [-0.39, 0.29) is 18.4 Å². The van der Waals surface area contributed by atoms with Gasteiger partial charge < -0.3 is 10.1 Å². The van der Waals surface area contributed by atoms with E-state index in [4.69, 9.17) is 4.74 Å². The largest absolute Gasteiger partial charge is 0.497 e. The highest BCUT2D eigenvalue weighted by Crippen LogP contribution is 2.22. The Bertz CT molecular complexity index is 820. The Morgan fingerprint density at radius 2 is 1.65 bits per heavy atom. The summed E-state index contributed by atoms with van der Waals surface area (Å²) in [6.07, 6.45) is 1.07. The van der Waals surface area contributed by atoms with Crippen molar-refractivity contribution in [1.82, 2.24) is 10.0 Å². The molecule has 2 aromatic rings. The van der Waals surface area contributed by atoms with E-state index >= 15 is 0 Å². The fourth-order valence-corrected chi connectivity index (χ4v) is 3.37. The molecule has 140 valence electrons. The second-order valence-corrected chi connectivity index (χ2v) is 7.90. The smallest absolute Gasteiger partial charge is 0.222 e. The summed E-state index contributed by atoms with van der Waals surface area (Å²) in [6, 6.07) is 15.7. The summed E-state index contributed by atoms with van der Waals surface area (Å²) < 4.78 is 31.0. The van der Waals surface area contributed by atoms with Gasteiger partial charge >= 0.3 is 0 Å². The molecule has 0 saturated carbocycles. The molecule has 0 aliphatic rings. The Morgan fingerprint density at radius 3 is 2.19 bits per heavy atom. The zero-order valence-corrected chi connectivity index (χ0v) is 15.9. The first-order valence-corrected chi connectivity index (χ1v) is 10.1. The Morgan fingerprint density at radius 1 is 1.04 bits per heavy atom. The van der Waals surface area contributed by atoms with Crippen LogP contribution in [0.4, 0.5) is 0 Å². The third kappa shape index (κ3) is 6.16. The van der Waals surface area contributed by atoms with Crippen molar-refractivity contribution in [1.29, 1.82) is 0 Å².